The van der Waals surface area contributed by atoms with Gasteiger partial charge in [0.05, 0.1) is 0 Å². The fraction of sp³-hybridized carbons (Fsp3) is 0.571. The predicted octanol–water partition coefficient (Wildman–Crippen LogP) is 1.89. The van der Waals surface area contributed by atoms with Crippen molar-refractivity contribution in [1.29, 1.82) is 0 Å². The Bertz CT molecular complexity index is 609. The van der Waals surface area contributed by atoms with Gasteiger partial charge in [-0.15, -0.1) is 0 Å². The summed E-state index contributed by atoms with van der Waals surface area (Å²) in [4.78, 5) is 34.2. The molecule has 126 valence electrons. The highest BCUT2D eigenvalue weighted by Crippen LogP contribution is 2.18. The Morgan fingerprint density at radius 2 is 1.83 bits per heavy atom. The first-order valence-electron chi connectivity index (χ1n) is 7.16. The van der Waals surface area contributed by atoms with E-state index < -0.39 is 11.6 Å². The van der Waals surface area contributed by atoms with Crippen LogP contribution in [0.15, 0.2) is 6.07 Å². The van der Waals surface area contributed by atoms with E-state index in [1.165, 1.54) is 6.07 Å². The minimum Gasteiger partial charge on any atom is -0.477 e. The third-order valence-corrected chi connectivity index (χ3v) is 3.33. The zero-order valence-corrected chi connectivity index (χ0v) is 14.0. The van der Waals surface area contributed by atoms with Gasteiger partial charge in [0.15, 0.2) is 5.69 Å². The van der Waals surface area contributed by atoms with Crippen LogP contribution in [0.3, 0.4) is 0 Å². The number of carboxylic acids is 1. The topological polar surface area (TPSA) is 95.9 Å². The Hall–Kier alpha value is -2.09. The SMILES string of the molecule is CC(C)(C)OC(=O)N1CCN(c2cc(C(=O)O)nc(Cl)n2)CC1. The standard InChI is InChI=1S/C14H19ClN4O4/c1-14(2,3)23-13(22)19-6-4-18(5-7-19)10-8-9(11(20)21)16-12(15)17-10/h8H,4-7H2,1-3H3,(H,20,21). The van der Waals surface area contributed by atoms with Crippen LogP contribution < -0.4 is 4.90 Å². The summed E-state index contributed by atoms with van der Waals surface area (Å²) < 4.78 is 5.33. The van der Waals surface area contributed by atoms with Gasteiger partial charge in [-0.05, 0) is 32.4 Å². The van der Waals surface area contributed by atoms with Crippen LogP contribution in [-0.2, 0) is 4.74 Å². The lowest BCUT2D eigenvalue weighted by atomic mass is 10.2. The van der Waals surface area contributed by atoms with Crippen molar-refractivity contribution in [2.75, 3.05) is 31.1 Å². The highest BCUT2D eigenvalue weighted by Gasteiger charge is 2.26. The number of ether oxygens (including phenoxy) is 1. The Morgan fingerprint density at radius 1 is 1.22 bits per heavy atom. The summed E-state index contributed by atoms with van der Waals surface area (Å²) in [6.45, 7) is 7.38. The molecule has 2 rings (SSSR count). The quantitative estimate of drug-likeness (QED) is 0.820. The van der Waals surface area contributed by atoms with E-state index in [4.69, 9.17) is 21.4 Å². The van der Waals surface area contributed by atoms with Crippen LogP contribution in [0, 0.1) is 0 Å². The molecule has 2 heterocycles. The van der Waals surface area contributed by atoms with E-state index in [1.54, 1.807) is 4.90 Å². The minimum atomic E-state index is -1.16. The Balaban J connectivity index is 2.02. The van der Waals surface area contributed by atoms with Crippen molar-refractivity contribution in [3.63, 3.8) is 0 Å². The van der Waals surface area contributed by atoms with Gasteiger partial charge in [-0.2, -0.15) is 0 Å². The summed E-state index contributed by atoms with van der Waals surface area (Å²) in [6.07, 6.45) is -0.357. The number of carbonyl (C=O) groups excluding carboxylic acids is 1. The van der Waals surface area contributed by atoms with Crippen LogP contribution in [0.4, 0.5) is 10.6 Å². The number of hydrogen-bond donors (Lipinski definition) is 1. The molecule has 9 heteroatoms. The van der Waals surface area contributed by atoms with E-state index in [1.807, 2.05) is 25.7 Å². The van der Waals surface area contributed by atoms with Crippen LogP contribution >= 0.6 is 11.6 Å². The fourth-order valence-corrected chi connectivity index (χ4v) is 2.30. The molecule has 8 nitrogen and oxygen atoms in total. The van der Waals surface area contributed by atoms with Gasteiger partial charge < -0.3 is 19.6 Å². The molecule has 1 aliphatic heterocycles. The second-order valence-electron chi connectivity index (χ2n) is 6.14. The van der Waals surface area contributed by atoms with Gasteiger partial charge in [0.1, 0.15) is 11.4 Å². The van der Waals surface area contributed by atoms with Crippen molar-refractivity contribution >= 4 is 29.5 Å². The van der Waals surface area contributed by atoms with Crippen LogP contribution in [0.25, 0.3) is 0 Å². The summed E-state index contributed by atoms with van der Waals surface area (Å²) in [6, 6.07) is 1.37. The predicted molar refractivity (Wildman–Crippen MR) is 84.0 cm³/mol. The summed E-state index contributed by atoms with van der Waals surface area (Å²) >= 11 is 5.77. The highest BCUT2D eigenvalue weighted by atomic mass is 35.5. The lowest BCUT2D eigenvalue weighted by Crippen LogP contribution is -2.50. The molecule has 1 aliphatic rings. The van der Waals surface area contributed by atoms with E-state index in [9.17, 15) is 9.59 Å². The molecule has 23 heavy (non-hydrogen) atoms. The maximum Gasteiger partial charge on any atom is 0.410 e. The molecule has 0 bridgehead atoms. The monoisotopic (exact) mass is 342 g/mol. The molecular formula is C14H19ClN4O4. The first kappa shape index (κ1) is 17.3. The van der Waals surface area contributed by atoms with E-state index in [0.717, 1.165) is 0 Å². The second-order valence-corrected chi connectivity index (χ2v) is 6.48. The van der Waals surface area contributed by atoms with Crippen molar-refractivity contribution in [3.05, 3.63) is 17.0 Å². The third kappa shape index (κ3) is 4.69. The van der Waals surface area contributed by atoms with Gasteiger partial charge >= 0.3 is 12.1 Å². The van der Waals surface area contributed by atoms with E-state index in [-0.39, 0.29) is 17.1 Å². The normalized spacial score (nSPS) is 15.5. The average Bonchev–Trinajstić information content (AvgIpc) is 2.45. The van der Waals surface area contributed by atoms with Gasteiger partial charge in [-0.1, -0.05) is 0 Å². The number of hydrogen-bond acceptors (Lipinski definition) is 6. The number of anilines is 1. The smallest absolute Gasteiger partial charge is 0.410 e. The number of aromatic carboxylic acids is 1. The average molecular weight is 343 g/mol. The van der Waals surface area contributed by atoms with Crippen molar-refractivity contribution in [2.45, 2.75) is 26.4 Å². The van der Waals surface area contributed by atoms with Crippen molar-refractivity contribution < 1.29 is 19.4 Å². The number of halogens is 1. The number of piperazine rings is 1. The number of aromatic nitrogens is 2. The molecule has 1 N–H and O–H groups in total. The summed E-state index contributed by atoms with van der Waals surface area (Å²) in [5, 5.41) is 8.90. The molecule has 0 saturated carbocycles. The molecule has 1 aromatic rings. The van der Waals surface area contributed by atoms with E-state index >= 15 is 0 Å². The van der Waals surface area contributed by atoms with E-state index in [0.29, 0.717) is 32.0 Å². The fourth-order valence-electron chi connectivity index (χ4n) is 2.12. The van der Waals surface area contributed by atoms with Gasteiger partial charge in [0.25, 0.3) is 0 Å². The van der Waals surface area contributed by atoms with Crippen LogP contribution in [0.2, 0.25) is 5.28 Å². The summed E-state index contributed by atoms with van der Waals surface area (Å²) in [5.41, 5.74) is -0.695. The molecule has 0 unspecified atom stereocenters. The Morgan fingerprint density at radius 3 is 2.35 bits per heavy atom. The first-order valence-corrected chi connectivity index (χ1v) is 7.54. The third-order valence-electron chi connectivity index (χ3n) is 3.16. The van der Waals surface area contributed by atoms with Crippen molar-refractivity contribution in [2.24, 2.45) is 0 Å². The number of rotatable bonds is 2. The minimum absolute atomic E-state index is 0.116. The second kappa shape index (κ2) is 6.57. The first-order chi connectivity index (χ1) is 10.7. The maximum absolute atomic E-state index is 12.0. The molecule has 0 spiro atoms. The zero-order valence-electron chi connectivity index (χ0n) is 13.2. The van der Waals surface area contributed by atoms with Gasteiger partial charge in [-0.3, -0.25) is 0 Å². The van der Waals surface area contributed by atoms with Gasteiger partial charge in [-0.25, -0.2) is 19.6 Å². The molecule has 0 aromatic carbocycles. The molecule has 0 aliphatic carbocycles. The van der Waals surface area contributed by atoms with Gasteiger partial charge in [0, 0.05) is 32.2 Å². The van der Waals surface area contributed by atoms with Crippen molar-refractivity contribution in [1.82, 2.24) is 14.9 Å². The van der Waals surface area contributed by atoms with Crippen LogP contribution in [0.5, 0.6) is 0 Å². The molecule has 1 fully saturated rings. The molecule has 1 aromatic heterocycles. The molecule has 1 amide bonds. The molecule has 0 radical (unpaired) electrons. The number of nitrogens with zero attached hydrogens (tertiary/aromatic N) is 4. The molecule has 1 saturated heterocycles. The van der Waals surface area contributed by atoms with Crippen molar-refractivity contribution in [3.8, 4) is 0 Å². The summed E-state index contributed by atoms with van der Waals surface area (Å²) in [7, 11) is 0. The highest BCUT2D eigenvalue weighted by molar-refractivity contribution is 6.28. The zero-order chi connectivity index (χ0) is 17.2. The van der Waals surface area contributed by atoms with E-state index in [2.05, 4.69) is 9.97 Å². The lowest BCUT2D eigenvalue weighted by molar-refractivity contribution is 0.0240. The maximum atomic E-state index is 12.0. The summed E-state index contributed by atoms with van der Waals surface area (Å²) in [5.74, 6) is -0.728. The molecular weight excluding hydrogens is 324 g/mol. The molecule has 0 atom stereocenters. The Kier molecular flexibility index (Phi) is 4.93. The largest absolute Gasteiger partial charge is 0.477 e. The number of amides is 1. The number of carbonyl (C=O) groups is 2. The van der Waals surface area contributed by atoms with Gasteiger partial charge in [0.2, 0.25) is 5.28 Å². The Labute approximate surface area is 139 Å². The number of carboxylic acid groups (broad SMARTS) is 1. The van der Waals surface area contributed by atoms with Crippen LogP contribution in [-0.4, -0.2) is 63.8 Å². The lowest BCUT2D eigenvalue weighted by Gasteiger charge is -2.36. The van der Waals surface area contributed by atoms with Crippen LogP contribution in [0.1, 0.15) is 31.3 Å².